The Hall–Kier alpha value is -1.64. The summed E-state index contributed by atoms with van der Waals surface area (Å²) in [5.74, 6) is 0. The van der Waals surface area contributed by atoms with Gasteiger partial charge in [0.2, 0.25) is 0 Å². The predicted molar refractivity (Wildman–Crippen MR) is 79.0 cm³/mol. The minimum Gasteiger partial charge on any atom is -0.379 e. The van der Waals surface area contributed by atoms with E-state index in [1.807, 2.05) is 69.3 Å². The Kier molecular flexibility index (Phi) is 3.74. The van der Waals surface area contributed by atoms with Crippen LogP contribution in [-0.4, -0.2) is 11.1 Å². The molecule has 0 fully saturated rings. The Labute approximate surface area is 114 Å². The molecule has 0 heterocycles. The minimum absolute atomic E-state index is 0.391. The number of rotatable bonds is 3. The van der Waals surface area contributed by atoms with Gasteiger partial charge in [-0.15, -0.1) is 0 Å². The van der Waals surface area contributed by atoms with E-state index in [2.05, 4.69) is 0 Å². The van der Waals surface area contributed by atoms with E-state index in [0.717, 1.165) is 11.1 Å². The van der Waals surface area contributed by atoms with Crippen molar-refractivity contribution in [3.63, 3.8) is 0 Å². The summed E-state index contributed by atoms with van der Waals surface area (Å²) < 4.78 is 0. The average Bonchev–Trinajstić information content (AvgIpc) is 2.39. The van der Waals surface area contributed by atoms with Crippen LogP contribution in [0.5, 0.6) is 0 Å². The smallest absolute Gasteiger partial charge is 0.129 e. The van der Waals surface area contributed by atoms with E-state index in [4.69, 9.17) is 5.73 Å². The van der Waals surface area contributed by atoms with Gasteiger partial charge in [-0.2, -0.15) is 0 Å². The van der Waals surface area contributed by atoms with Crippen LogP contribution in [-0.2, 0) is 5.60 Å². The Morgan fingerprint density at radius 2 is 1.16 bits per heavy atom. The molecule has 0 saturated carbocycles. The first-order chi connectivity index (χ1) is 8.94. The summed E-state index contributed by atoms with van der Waals surface area (Å²) in [4.78, 5) is 0. The fourth-order valence-corrected chi connectivity index (χ4v) is 2.31. The van der Waals surface area contributed by atoms with Crippen LogP contribution >= 0.6 is 0 Å². The number of benzene rings is 2. The molecule has 0 aliphatic carbocycles. The molecule has 2 aromatic rings. The Bertz CT molecular complexity index is 495. The molecule has 100 valence electrons. The quantitative estimate of drug-likeness (QED) is 0.886. The van der Waals surface area contributed by atoms with Crippen molar-refractivity contribution < 1.29 is 5.11 Å². The van der Waals surface area contributed by atoms with Gasteiger partial charge >= 0.3 is 0 Å². The van der Waals surface area contributed by atoms with Gasteiger partial charge in [0.05, 0.1) is 0 Å². The molecule has 3 N–H and O–H groups in total. The molecule has 2 aromatic carbocycles. The van der Waals surface area contributed by atoms with Crippen LogP contribution in [0.3, 0.4) is 0 Å². The van der Waals surface area contributed by atoms with Gasteiger partial charge in [-0.25, -0.2) is 0 Å². The van der Waals surface area contributed by atoms with Gasteiger partial charge in [0.15, 0.2) is 0 Å². The second-order valence-corrected chi connectivity index (χ2v) is 5.29. The third kappa shape index (κ3) is 2.55. The molecule has 0 radical (unpaired) electrons. The molecule has 2 heteroatoms. The van der Waals surface area contributed by atoms with Gasteiger partial charge in [-0.1, -0.05) is 59.7 Å². The summed E-state index contributed by atoms with van der Waals surface area (Å²) in [7, 11) is 0. The first-order valence-corrected chi connectivity index (χ1v) is 6.57. The van der Waals surface area contributed by atoms with Crippen LogP contribution in [0.15, 0.2) is 48.5 Å². The molecule has 0 aliphatic heterocycles. The molecule has 0 bridgehead atoms. The summed E-state index contributed by atoms with van der Waals surface area (Å²) in [6.45, 7) is 5.89. The van der Waals surface area contributed by atoms with E-state index >= 15 is 0 Å². The van der Waals surface area contributed by atoms with E-state index < -0.39 is 11.6 Å². The van der Waals surface area contributed by atoms with E-state index in [0.29, 0.717) is 0 Å². The highest BCUT2D eigenvalue weighted by Gasteiger charge is 2.35. The normalized spacial score (nSPS) is 13.3. The zero-order chi connectivity index (χ0) is 14.0. The number of aliphatic hydroxyl groups is 1. The van der Waals surface area contributed by atoms with Crippen LogP contribution in [0.1, 0.15) is 29.2 Å². The standard InChI is InChI=1S/C17H21NO/c1-12-4-8-15(9-5-12)17(19,14(3)18)16-10-6-13(2)7-11-16/h4-11,14,19H,18H2,1-3H3/t14-/m0/s1. The van der Waals surface area contributed by atoms with Gasteiger partial charge in [0.1, 0.15) is 5.60 Å². The van der Waals surface area contributed by atoms with Crippen molar-refractivity contribution in [2.45, 2.75) is 32.4 Å². The lowest BCUT2D eigenvalue weighted by atomic mass is 9.81. The summed E-state index contributed by atoms with van der Waals surface area (Å²) in [6.07, 6.45) is 0. The topological polar surface area (TPSA) is 46.2 Å². The molecule has 0 aliphatic rings. The summed E-state index contributed by atoms with van der Waals surface area (Å²) in [5.41, 5.74) is 8.90. The van der Waals surface area contributed by atoms with Gasteiger partial charge in [0.25, 0.3) is 0 Å². The van der Waals surface area contributed by atoms with Gasteiger partial charge in [-0.3, -0.25) is 0 Å². The Morgan fingerprint density at radius 1 is 0.842 bits per heavy atom. The zero-order valence-electron chi connectivity index (χ0n) is 11.7. The number of aryl methyl sites for hydroxylation is 2. The number of nitrogens with two attached hydrogens (primary N) is 1. The third-order valence-electron chi connectivity index (χ3n) is 3.64. The maximum Gasteiger partial charge on any atom is 0.129 e. The van der Waals surface area contributed by atoms with Crippen LogP contribution < -0.4 is 5.73 Å². The monoisotopic (exact) mass is 255 g/mol. The van der Waals surface area contributed by atoms with Crippen molar-refractivity contribution in [3.8, 4) is 0 Å². The number of hydrogen-bond acceptors (Lipinski definition) is 2. The molecular formula is C17H21NO. The summed E-state index contributed by atoms with van der Waals surface area (Å²) in [6, 6.07) is 15.4. The van der Waals surface area contributed by atoms with Crippen molar-refractivity contribution >= 4 is 0 Å². The highest BCUT2D eigenvalue weighted by molar-refractivity contribution is 5.39. The molecule has 0 aromatic heterocycles. The van der Waals surface area contributed by atoms with Crippen LogP contribution in [0, 0.1) is 13.8 Å². The fourth-order valence-electron chi connectivity index (χ4n) is 2.31. The maximum absolute atomic E-state index is 11.1. The lowest BCUT2D eigenvalue weighted by molar-refractivity contribution is 0.0578. The van der Waals surface area contributed by atoms with Crippen LogP contribution in [0.2, 0.25) is 0 Å². The average molecular weight is 255 g/mol. The van der Waals surface area contributed by atoms with Crippen molar-refractivity contribution in [1.29, 1.82) is 0 Å². The molecule has 2 rings (SSSR count). The summed E-state index contributed by atoms with van der Waals surface area (Å²) in [5, 5.41) is 11.1. The van der Waals surface area contributed by atoms with Crippen molar-refractivity contribution in [2.24, 2.45) is 5.73 Å². The third-order valence-corrected chi connectivity index (χ3v) is 3.64. The predicted octanol–water partition coefficient (Wildman–Crippen LogP) is 2.89. The Morgan fingerprint density at radius 3 is 1.42 bits per heavy atom. The van der Waals surface area contributed by atoms with Crippen LogP contribution in [0.25, 0.3) is 0 Å². The maximum atomic E-state index is 11.1. The number of hydrogen-bond donors (Lipinski definition) is 2. The molecule has 2 nitrogen and oxygen atoms in total. The molecule has 0 saturated heterocycles. The van der Waals surface area contributed by atoms with Crippen molar-refractivity contribution in [3.05, 3.63) is 70.8 Å². The van der Waals surface area contributed by atoms with Crippen molar-refractivity contribution in [1.82, 2.24) is 0 Å². The Balaban J connectivity index is 2.54. The highest BCUT2D eigenvalue weighted by Crippen LogP contribution is 2.32. The first kappa shape index (κ1) is 13.8. The first-order valence-electron chi connectivity index (χ1n) is 6.57. The molecule has 0 amide bonds. The second-order valence-electron chi connectivity index (χ2n) is 5.29. The molecule has 19 heavy (non-hydrogen) atoms. The summed E-state index contributed by atoms with van der Waals surface area (Å²) >= 11 is 0. The van der Waals surface area contributed by atoms with Crippen LogP contribution in [0.4, 0.5) is 0 Å². The van der Waals surface area contributed by atoms with E-state index in [-0.39, 0.29) is 0 Å². The lowest BCUT2D eigenvalue weighted by Gasteiger charge is -2.33. The SMILES string of the molecule is Cc1ccc(C(O)(c2ccc(C)cc2)[C@H](C)N)cc1. The lowest BCUT2D eigenvalue weighted by Crippen LogP contribution is -2.44. The fraction of sp³-hybridized carbons (Fsp3) is 0.294. The molecule has 0 unspecified atom stereocenters. The molecule has 1 atom stereocenters. The van der Waals surface area contributed by atoms with E-state index in [1.54, 1.807) is 0 Å². The zero-order valence-corrected chi connectivity index (χ0v) is 11.7. The van der Waals surface area contributed by atoms with Gasteiger partial charge in [0, 0.05) is 6.04 Å². The molecular weight excluding hydrogens is 234 g/mol. The highest BCUT2D eigenvalue weighted by atomic mass is 16.3. The van der Waals surface area contributed by atoms with Gasteiger partial charge in [-0.05, 0) is 31.9 Å². The van der Waals surface area contributed by atoms with Crippen molar-refractivity contribution in [2.75, 3.05) is 0 Å². The second kappa shape index (κ2) is 5.16. The van der Waals surface area contributed by atoms with Gasteiger partial charge < -0.3 is 10.8 Å². The van der Waals surface area contributed by atoms with E-state index in [9.17, 15) is 5.11 Å². The minimum atomic E-state index is -1.15. The largest absolute Gasteiger partial charge is 0.379 e. The van der Waals surface area contributed by atoms with E-state index in [1.165, 1.54) is 11.1 Å². The molecule has 0 spiro atoms.